The molecule has 20 heavy (non-hydrogen) atoms. The van der Waals surface area contributed by atoms with Gasteiger partial charge in [-0.25, -0.2) is 0 Å². The highest BCUT2D eigenvalue weighted by molar-refractivity contribution is 5.77. The molecule has 1 aromatic heterocycles. The van der Waals surface area contributed by atoms with Crippen LogP contribution in [0.3, 0.4) is 0 Å². The molecule has 2 heterocycles. The molecule has 0 aromatic carbocycles. The van der Waals surface area contributed by atoms with Crippen molar-refractivity contribution in [2.24, 2.45) is 0 Å². The Morgan fingerprint density at radius 2 is 2.25 bits per heavy atom. The molecule has 0 spiro atoms. The number of nitrogens with one attached hydrogen (secondary N) is 1. The van der Waals surface area contributed by atoms with Gasteiger partial charge in [0.25, 0.3) is 0 Å². The second kappa shape index (κ2) is 6.35. The van der Waals surface area contributed by atoms with Gasteiger partial charge in [0.15, 0.2) is 0 Å². The molecule has 0 radical (unpaired) electrons. The van der Waals surface area contributed by atoms with Gasteiger partial charge in [0.2, 0.25) is 5.91 Å². The molecule has 3 rings (SSSR count). The van der Waals surface area contributed by atoms with E-state index in [9.17, 15) is 4.79 Å². The third kappa shape index (κ3) is 3.57. The minimum Gasteiger partial charge on any atom is -0.338 e. The number of aromatic nitrogens is 1. The molecule has 0 bridgehead atoms. The third-order valence-electron chi connectivity index (χ3n) is 4.21. The normalized spacial score (nSPS) is 21.9. The van der Waals surface area contributed by atoms with Crippen molar-refractivity contribution in [3.8, 4) is 0 Å². The smallest absolute Gasteiger partial charge is 0.223 e. The number of nitrogens with zero attached hydrogens (tertiary/aromatic N) is 2. The average molecular weight is 273 g/mol. The highest BCUT2D eigenvalue weighted by Crippen LogP contribution is 2.28. The molecule has 1 aliphatic heterocycles. The number of hydrogen-bond donors (Lipinski definition) is 1. The molecule has 1 saturated heterocycles. The van der Waals surface area contributed by atoms with Crippen molar-refractivity contribution in [1.29, 1.82) is 0 Å². The quantitative estimate of drug-likeness (QED) is 0.859. The fourth-order valence-electron chi connectivity index (χ4n) is 2.92. The molecular formula is C16H23N3O. The molecule has 1 aromatic rings. The first-order chi connectivity index (χ1) is 9.83. The number of carbonyl (C=O) groups is 1. The number of hydrogen-bond acceptors (Lipinski definition) is 3. The second-order valence-electron chi connectivity index (χ2n) is 5.89. The summed E-state index contributed by atoms with van der Waals surface area (Å²) >= 11 is 0. The Balaban J connectivity index is 1.52. The molecule has 1 N–H and O–H groups in total. The highest BCUT2D eigenvalue weighted by Gasteiger charge is 2.34. The van der Waals surface area contributed by atoms with Crippen molar-refractivity contribution >= 4 is 5.91 Å². The van der Waals surface area contributed by atoms with Crippen molar-refractivity contribution in [3.63, 3.8) is 0 Å². The van der Waals surface area contributed by atoms with Crippen LogP contribution in [-0.2, 0) is 11.2 Å². The van der Waals surface area contributed by atoms with E-state index in [1.165, 1.54) is 25.7 Å². The average Bonchev–Trinajstić information content (AvgIpc) is 3.20. The van der Waals surface area contributed by atoms with Gasteiger partial charge in [-0.05, 0) is 50.8 Å². The zero-order valence-electron chi connectivity index (χ0n) is 11.9. The summed E-state index contributed by atoms with van der Waals surface area (Å²) in [6.45, 7) is 2.00. The van der Waals surface area contributed by atoms with Gasteiger partial charge in [0.1, 0.15) is 0 Å². The molecule has 2 fully saturated rings. The predicted octanol–water partition coefficient (Wildman–Crippen LogP) is 1.76. The van der Waals surface area contributed by atoms with Crippen LogP contribution in [-0.4, -0.2) is 41.0 Å². The summed E-state index contributed by atoms with van der Waals surface area (Å²) in [7, 11) is 0. The van der Waals surface area contributed by atoms with E-state index in [2.05, 4.69) is 15.2 Å². The van der Waals surface area contributed by atoms with Crippen LogP contribution in [0.15, 0.2) is 24.4 Å². The lowest BCUT2D eigenvalue weighted by Crippen LogP contribution is -2.42. The van der Waals surface area contributed by atoms with E-state index >= 15 is 0 Å². The maximum Gasteiger partial charge on any atom is 0.223 e. The molecule has 1 saturated carbocycles. The molecule has 2 aliphatic rings. The van der Waals surface area contributed by atoms with Crippen molar-refractivity contribution < 1.29 is 4.79 Å². The van der Waals surface area contributed by atoms with Crippen LogP contribution in [0.1, 0.15) is 37.8 Å². The molecule has 1 aliphatic carbocycles. The molecule has 1 atom stereocenters. The van der Waals surface area contributed by atoms with Gasteiger partial charge in [0.05, 0.1) is 0 Å². The number of pyridine rings is 1. The summed E-state index contributed by atoms with van der Waals surface area (Å²) in [5.41, 5.74) is 1.01. The van der Waals surface area contributed by atoms with E-state index in [1.807, 2.05) is 18.2 Å². The summed E-state index contributed by atoms with van der Waals surface area (Å²) in [6.07, 6.45) is 7.94. The monoisotopic (exact) mass is 273 g/mol. The molecule has 1 amide bonds. The Morgan fingerprint density at radius 3 is 2.90 bits per heavy atom. The largest absolute Gasteiger partial charge is 0.338 e. The van der Waals surface area contributed by atoms with E-state index in [0.717, 1.165) is 25.2 Å². The van der Waals surface area contributed by atoms with Crippen LogP contribution in [0.25, 0.3) is 0 Å². The van der Waals surface area contributed by atoms with E-state index in [4.69, 9.17) is 0 Å². The molecule has 108 valence electrons. The van der Waals surface area contributed by atoms with Gasteiger partial charge < -0.3 is 10.2 Å². The van der Waals surface area contributed by atoms with Crippen LogP contribution >= 0.6 is 0 Å². The topological polar surface area (TPSA) is 45.2 Å². The Hall–Kier alpha value is -1.42. The molecular weight excluding hydrogens is 250 g/mol. The summed E-state index contributed by atoms with van der Waals surface area (Å²) in [4.78, 5) is 18.9. The lowest BCUT2D eigenvalue weighted by molar-refractivity contribution is -0.132. The van der Waals surface area contributed by atoms with Crippen molar-refractivity contribution in [2.45, 2.75) is 50.6 Å². The summed E-state index contributed by atoms with van der Waals surface area (Å²) in [5, 5.41) is 3.49. The number of aryl methyl sites for hydroxylation is 1. The van der Waals surface area contributed by atoms with Crippen molar-refractivity contribution in [1.82, 2.24) is 15.2 Å². The minimum atomic E-state index is 0.298. The fraction of sp³-hybridized carbons (Fsp3) is 0.625. The van der Waals surface area contributed by atoms with Gasteiger partial charge in [-0.15, -0.1) is 0 Å². The summed E-state index contributed by atoms with van der Waals surface area (Å²) in [6, 6.07) is 6.90. The second-order valence-corrected chi connectivity index (χ2v) is 5.89. The first-order valence-corrected chi connectivity index (χ1v) is 7.75. The number of rotatable bonds is 6. The zero-order valence-corrected chi connectivity index (χ0v) is 11.9. The van der Waals surface area contributed by atoms with E-state index in [-0.39, 0.29) is 0 Å². The lowest BCUT2D eigenvalue weighted by atomic mass is 10.1. The Bertz CT molecular complexity index is 438. The van der Waals surface area contributed by atoms with Crippen LogP contribution in [0.4, 0.5) is 0 Å². The number of amides is 1. The third-order valence-corrected chi connectivity index (χ3v) is 4.21. The maximum absolute atomic E-state index is 12.5. The van der Waals surface area contributed by atoms with Crippen molar-refractivity contribution in [2.75, 3.05) is 13.1 Å². The maximum atomic E-state index is 12.5. The van der Waals surface area contributed by atoms with Crippen LogP contribution in [0.5, 0.6) is 0 Å². The zero-order chi connectivity index (χ0) is 13.8. The van der Waals surface area contributed by atoms with Gasteiger partial charge in [0, 0.05) is 36.9 Å². The van der Waals surface area contributed by atoms with E-state index in [0.29, 0.717) is 24.4 Å². The van der Waals surface area contributed by atoms with Crippen molar-refractivity contribution in [3.05, 3.63) is 30.1 Å². The summed E-state index contributed by atoms with van der Waals surface area (Å²) in [5.74, 6) is 0.298. The first-order valence-electron chi connectivity index (χ1n) is 7.75. The van der Waals surface area contributed by atoms with Gasteiger partial charge >= 0.3 is 0 Å². The summed E-state index contributed by atoms with van der Waals surface area (Å²) < 4.78 is 0. The van der Waals surface area contributed by atoms with E-state index in [1.54, 1.807) is 6.20 Å². The van der Waals surface area contributed by atoms with Gasteiger partial charge in [-0.3, -0.25) is 9.78 Å². The van der Waals surface area contributed by atoms with Gasteiger partial charge in [-0.1, -0.05) is 6.07 Å². The highest BCUT2D eigenvalue weighted by atomic mass is 16.2. The Labute approximate surface area is 120 Å². The number of carbonyl (C=O) groups excluding carboxylic acids is 1. The standard InChI is InChI=1S/C16H23N3O/c20-16(9-6-13-4-1-2-10-17-13)19(15-7-8-15)12-14-5-3-11-18-14/h1-2,4,10,14-15,18H,3,5-9,11-12H2. The Kier molecular flexibility index (Phi) is 4.31. The SMILES string of the molecule is O=C(CCc1ccccn1)N(CC1CCCN1)C1CC1. The van der Waals surface area contributed by atoms with Crippen LogP contribution in [0.2, 0.25) is 0 Å². The molecule has 4 nitrogen and oxygen atoms in total. The first kappa shape index (κ1) is 13.6. The Morgan fingerprint density at radius 1 is 1.35 bits per heavy atom. The van der Waals surface area contributed by atoms with Crippen LogP contribution in [0, 0.1) is 0 Å². The fourth-order valence-corrected chi connectivity index (χ4v) is 2.92. The molecule has 1 unspecified atom stereocenters. The van der Waals surface area contributed by atoms with Gasteiger partial charge in [-0.2, -0.15) is 0 Å². The van der Waals surface area contributed by atoms with E-state index < -0.39 is 0 Å². The van der Waals surface area contributed by atoms with Crippen LogP contribution < -0.4 is 5.32 Å². The lowest BCUT2D eigenvalue weighted by Gasteiger charge is -2.26. The predicted molar refractivity (Wildman–Crippen MR) is 78.3 cm³/mol. The minimum absolute atomic E-state index is 0.298. The molecule has 4 heteroatoms.